The zero-order valence-corrected chi connectivity index (χ0v) is 17.1. The zero-order chi connectivity index (χ0) is 20.3. The number of amides is 1. The Balaban J connectivity index is 3.22. The number of hydrogen-bond donors (Lipinski definition) is 1. The highest BCUT2D eigenvalue weighted by atomic mass is 16.6. The molecule has 0 atom stereocenters. The number of oxazole rings is 1. The van der Waals surface area contributed by atoms with E-state index in [1.165, 1.54) is 12.5 Å². The van der Waals surface area contributed by atoms with E-state index in [1.54, 1.807) is 41.5 Å². The molecule has 0 aromatic carbocycles. The standard InChI is InChI=1S/C19H30N2O5/c1-17(2,3)14-12(20-11-24-14)10-13(15(22)25-18(4,5)6)21-16(23)26-19(7,8)9/h10-11H,1-9H3,(H,21,23)/b13-10-. The van der Waals surface area contributed by atoms with Gasteiger partial charge < -0.3 is 13.9 Å². The van der Waals surface area contributed by atoms with Crippen molar-refractivity contribution in [3.63, 3.8) is 0 Å². The Kier molecular flexibility index (Phi) is 6.28. The minimum atomic E-state index is -0.754. The molecule has 0 aliphatic heterocycles. The van der Waals surface area contributed by atoms with Gasteiger partial charge in [-0.05, 0) is 47.6 Å². The van der Waals surface area contributed by atoms with E-state index in [0.29, 0.717) is 11.5 Å². The molecular weight excluding hydrogens is 336 g/mol. The molecule has 1 heterocycles. The second kappa shape index (κ2) is 7.51. The Morgan fingerprint density at radius 1 is 1.00 bits per heavy atom. The van der Waals surface area contributed by atoms with E-state index in [1.807, 2.05) is 20.8 Å². The summed E-state index contributed by atoms with van der Waals surface area (Å²) in [5.74, 6) is -0.101. The monoisotopic (exact) mass is 366 g/mol. The van der Waals surface area contributed by atoms with Crippen LogP contribution < -0.4 is 5.32 Å². The van der Waals surface area contributed by atoms with E-state index in [4.69, 9.17) is 13.9 Å². The lowest BCUT2D eigenvalue weighted by Gasteiger charge is -2.23. The zero-order valence-electron chi connectivity index (χ0n) is 17.1. The van der Waals surface area contributed by atoms with Crippen LogP contribution in [0.15, 0.2) is 16.5 Å². The summed E-state index contributed by atoms with van der Waals surface area (Å²) in [6.45, 7) is 16.3. The number of carbonyl (C=O) groups excluding carboxylic acids is 2. The molecule has 0 aliphatic rings. The Hall–Kier alpha value is -2.31. The van der Waals surface area contributed by atoms with Gasteiger partial charge in [0.15, 0.2) is 6.39 Å². The quantitative estimate of drug-likeness (QED) is 0.637. The number of carbonyl (C=O) groups is 2. The molecule has 1 amide bonds. The summed E-state index contributed by atoms with van der Waals surface area (Å²) in [6, 6.07) is 0. The second-order valence-corrected chi connectivity index (χ2v) is 9.00. The molecule has 0 saturated heterocycles. The maximum Gasteiger partial charge on any atom is 0.412 e. The molecule has 1 aromatic rings. The van der Waals surface area contributed by atoms with Crippen LogP contribution in [0.2, 0.25) is 0 Å². The van der Waals surface area contributed by atoms with Crippen molar-refractivity contribution in [1.82, 2.24) is 10.3 Å². The molecule has 26 heavy (non-hydrogen) atoms. The molecule has 0 radical (unpaired) electrons. The normalized spacial score (nSPS) is 13.3. The van der Waals surface area contributed by atoms with Gasteiger partial charge in [0.1, 0.15) is 28.4 Å². The Labute approximate surface area is 155 Å². The Morgan fingerprint density at radius 3 is 2.00 bits per heavy atom. The summed E-state index contributed by atoms with van der Waals surface area (Å²) >= 11 is 0. The van der Waals surface area contributed by atoms with Crippen LogP contribution in [0.4, 0.5) is 4.79 Å². The highest BCUT2D eigenvalue weighted by Crippen LogP contribution is 2.26. The molecular formula is C19H30N2O5. The van der Waals surface area contributed by atoms with Crippen LogP contribution in [0.3, 0.4) is 0 Å². The maximum atomic E-state index is 12.5. The highest BCUT2D eigenvalue weighted by Gasteiger charge is 2.27. The summed E-state index contributed by atoms with van der Waals surface area (Å²) in [5, 5.41) is 2.46. The van der Waals surface area contributed by atoms with Crippen molar-refractivity contribution in [2.24, 2.45) is 0 Å². The molecule has 0 unspecified atom stereocenters. The van der Waals surface area contributed by atoms with Gasteiger partial charge in [0.2, 0.25) is 0 Å². The van der Waals surface area contributed by atoms with Crippen LogP contribution in [-0.2, 0) is 19.7 Å². The van der Waals surface area contributed by atoms with Crippen LogP contribution >= 0.6 is 0 Å². The summed E-state index contributed by atoms with van der Waals surface area (Å²) in [4.78, 5) is 28.8. The lowest BCUT2D eigenvalue weighted by Crippen LogP contribution is -2.36. The van der Waals surface area contributed by atoms with Crippen LogP contribution in [0, 0.1) is 0 Å². The average molecular weight is 366 g/mol. The number of ether oxygens (including phenoxy) is 2. The van der Waals surface area contributed by atoms with Gasteiger partial charge in [-0.15, -0.1) is 0 Å². The molecule has 7 nitrogen and oxygen atoms in total. The van der Waals surface area contributed by atoms with Crippen molar-refractivity contribution in [3.05, 3.63) is 23.5 Å². The largest absolute Gasteiger partial charge is 0.455 e. The summed E-state index contributed by atoms with van der Waals surface area (Å²) in [7, 11) is 0. The molecule has 0 bridgehead atoms. The van der Waals surface area contributed by atoms with E-state index >= 15 is 0 Å². The molecule has 146 valence electrons. The molecule has 0 saturated carbocycles. The number of alkyl carbamates (subject to hydrolysis) is 1. The first-order chi connectivity index (χ1) is 11.6. The third-order valence-electron chi connectivity index (χ3n) is 2.81. The topological polar surface area (TPSA) is 90.7 Å². The first-order valence-corrected chi connectivity index (χ1v) is 8.47. The number of esters is 1. The molecule has 0 aliphatic carbocycles. The third kappa shape index (κ3) is 7.29. The molecule has 0 fully saturated rings. The Bertz CT molecular complexity index is 682. The smallest absolute Gasteiger partial charge is 0.412 e. The molecule has 0 spiro atoms. The van der Waals surface area contributed by atoms with Crippen molar-refractivity contribution < 1.29 is 23.5 Å². The predicted octanol–water partition coefficient (Wildman–Crippen LogP) is 4.18. The van der Waals surface area contributed by atoms with Crippen LogP contribution in [-0.4, -0.2) is 28.2 Å². The van der Waals surface area contributed by atoms with Gasteiger partial charge in [-0.3, -0.25) is 5.32 Å². The number of rotatable bonds is 3. The number of nitrogens with one attached hydrogen (secondary N) is 1. The van der Waals surface area contributed by atoms with Gasteiger partial charge in [0.25, 0.3) is 0 Å². The predicted molar refractivity (Wildman–Crippen MR) is 98.4 cm³/mol. The van der Waals surface area contributed by atoms with Gasteiger partial charge >= 0.3 is 12.1 Å². The van der Waals surface area contributed by atoms with Crippen molar-refractivity contribution in [3.8, 4) is 0 Å². The van der Waals surface area contributed by atoms with Crippen molar-refractivity contribution in [1.29, 1.82) is 0 Å². The fourth-order valence-electron chi connectivity index (χ4n) is 1.95. The SMILES string of the molecule is CC(C)(C)OC(=O)N/C(=C\c1ncoc1C(C)(C)C)C(=O)OC(C)(C)C. The van der Waals surface area contributed by atoms with Gasteiger partial charge in [-0.2, -0.15) is 0 Å². The van der Waals surface area contributed by atoms with E-state index in [9.17, 15) is 9.59 Å². The van der Waals surface area contributed by atoms with E-state index in [-0.39, 0.29) is 11.1 Å². The summed E-state index contributed by atoms with van der Waals surface area (Å²) < 4.78 is 16.0. The van der Waals surface area contributed by atoms with Crippen LogP contribution in [0.5, 0.6) is 0 Å². The van der Waals surface area contributed by atoms with Gasteiger partial charge in [0.05, 0.1) is 0 Å². The fraction of sp³-hybridized carbons (Fsp3) is 0.632. The minimum Gasteiger partial charge on any atom is -0.455 e. The highest BCUT2D eigenvalue weighted by molar-refractivity contribution is 5.96. The van der Waals surface area contributed by atoms with Crippen LogP contribution in [0.25, 0.3) is 6.08 Å². The maximum absolute atomic E-state index is 12.5. The lowest BCUT2D eigenvalue weighted by molar-refractivity contribution is -0.150. The van der Waals surface area contributed by atoms with Gasteiger partial charge in [-0.25, -0.2) is 14.6 Å². The third-order valence-corrected chi connectivity index (χ3v) is 2.81. The van der Waals surface area contributed by atoms with E-state index < -0.39 is 23.3 Å². The fourth-order valence-corrected chi connectivity index (χ4v) is 1.95. The van der Waals surface area contributed by atoms with Gasteiger partial charge in [0, 0.05) is 5.41 Å². The van der Waals surface area contributed by atoms with Crippen molar-refractivity contribution in [2.45, 2.75) is 78.9 Å². The average Bonchev–Trinajstić information content (AvgIpc) is 2.81. The molecule has 1 aromatic heterocycles. The first-order valence-electron chi connectivity index (χ1n) is 8.47. The lowest BCUT2D eigenvalue weighted by atomic mass is 9.91. The van der Waals surface area contributed by atoms with Crippen molar-refractivity contribution >= 4 is 18.1 Å². The van der Waals surface area contributed by atoms with Crippen LogP contribution in [0.1, 0.15) is 73.8 Å². The Morgan fingerprint density at radius 2 is 1.54 bits per heavy atom. The van der Waals surface area contributed by atoms with E-state index in [2.05, 4.69) is 10.3 Å². The second-order valence-electron chi connectivity index (χ2n) is 9.00. The summed E-state index contributed by atoms with van der Waals surface area (Å²) in [5.41, 5.74) is -1.38. The number of hydrogen-bond acceptors (Lipinski definition) is 6. The molecule has 1 N–H and O–H groups in total. The van der Waals surface area contributed by atoms with Gasteiger partial charge in [-0.1, -0.05) is 20.8 Å². The molecule has 1 rings (SSSR count). The van der Waals surface area contributed by atoms with E-state index in [0.717, 1.165) is 0 Å². The number of aromatic nitrogens is 1. The number of nitrogens with zero attached hydrogens (tertiary/aromatic N) is 1. The minimum absolute atomic E-state index is 0.0754. The first kappa shape index (κ1) is 21.7. The van der Waals surface area contributed by atoms with Crippen molar-refractivity contribution in [2.75, 3.05) is 0 Å². The molecule has 7 heteroatoms. The summed E-state index contributed by atoms with van der Waals surface area (Å²) in [6.07, 6.45) is 1.98.